The molecule has 0 radical (unpaired) electrons. The van der Waals surface area contributed by atoms with E-state index < -0.39 is 18.1 Å². The first-order valence-corrected chi connectivity index (χ1v) is 10.6. The predicted octanol–water partition coefficient (Wildman–Crippen LogP) is 4.59. The van der Waals surface area contributed by atoms with Gasteiger partial charge in [-0.3, -0.25) is 4.79 Å². The van der Waals surface area contributed by atoms with Gasteiger partial charge in [-0.2, -0.15) is 0 Å². The molecule has 0 spiro atoms. The summed E-state index contributed by atoms with van der Waals surface area (Å²) >= 11 is 0. The summed E-state index contributed by atoms with van der Waals surface area (Å²) in [6.45, 7) is 0.0594. The van der Waals surface area contributed by atoms with Crippen molar-refractivity contribution in [3.8, 4) is 5.75 Å². The topological polar surface area (TPSA) is 93.7 Å². The molecule has 170 valence electrons. The lowest BCUT2D eigenvalue weighted by Crippen LogP contribution is -2.43. The summed E-state index contributed by atoms with van der Waals surface area (Å²) in [5.74, 6) is -0.466. The third kappa shape index (κ3) is 7.50. The number of rotatable bonds is 10. The van der Waals surface area contributed by atoms with Crippen LogP contribution in [0.3, 0.4) is 0 Å². The molecular weight excluding hydrogens is 420 g/mol. The maximum Gasteiger partial charge on any atom is 0.408 e. The SMILES string of the molecule is CNc1ccc(C(=O)CCC(NC(=O)OCc2ccccc2)C(=O)Oc2ccccc2)cc1. The van der Waals surface area contributed by atoms with E-state index in [9.17, 15) is 14.4 Å². The zero-order chi connectivity index (χ0) is 23.5. The van der Waals surface area contributed by atoms with Crippen molar-refractivity contribution in [2.24, 2.45) is 0 Å². The van der Waals surface area contributed by atoms with Crippen LogP contribution in [-0.4, -0.2) is 30.9 Å². The first-order valence-electron chi connectivity index (χ1n) is 10.6. The molecule has 7 nitrogen and oxygen atoms in total. The van der Waals surface area contributed by atoms with Crippen LogP contribution in [0.2, 0.25) is 0 Å². The first kappa shape index (κ1) is 23.5. The maximum absolute atomic E-state index is 12.7. The molecule has 0 saturated carbocycles. The molecule has 0 aliphatic rings. The molecule has 2 N–H and O–H groups in total. The molecule has 0 fully saturated rings. The number of hydrogen-bond donors (Lipinski definition) is 2. The molecule has 3 rings (SSSR count). The van der Waals surface area contributed by atoms with E-state index in [2.05, 4.69) is 10.6 Å². The Kier molecular flexibility index (Phi) is 8.59. The molecule has 1 amide bonds. The van der Waals surface area contributed by atoms with Crippen molar-refractivity contribution in [3.05, 3.63) is 96.1 Å². The van der Waals surface area contributed by atoms with Crippen LogP contribution < -0.4 is 15.4 Å². The molecule has 3 aromatic carbocycles. The number of esters is 1. The van der Waals surface area contributed by atoms with Gasteiger partial charge in [0.25, 0.3) is 0 Å². The fourth-order valence-corrected chi connectivity index (χ4v) is 3.07. The fraction of sp³-hybridized carbons (Fsp3) is 0.192. The molecule has 0 aliphatic carbocycles. The van der Waals surface area contributed by atoms with E-state index in [1.54, 1.807) is 61.6 Å². The first-order chi connectivity index (χ1) is 16.0. The van der Waals surface area contributed by atoms with Crippen molar-refractivity contribution < 1.29 is 23.9 Å². The Bertz CT molecular complexity index is 1050. The number of amides is 1. The lowest BCUT2D eigenvalue weighted by atomic mass is 10.0. The smallest absolute Gasteiger partial charge is 0.408 e. The second-order valence-electron chi connectivity index (χ2n) is 7.28. The summed E-state index contributed by atoms with van der Waals surface area (Å²) in [5, 5.41) is 5.53. The quantitative estimate of drug-likeness (QED) is 0.269. The van der Waals surface area contributed by atoms with Gasteiger partial charge in [0.2, 0.25) is 0 Å². The molecule has 33 heavy (non-hydrogen) atoms. The van der Waals surface area contributed by atoms with Crippen LogP contribution in [0.4, 0.5) is 10.5 Å². The Hall–Kier alpha value is -4.13. The highest BCUT2D eigenvalue weighted by molar-refractivity contribution is 5.96. The zero-order valence-corrected chi connectivity index (χ0v) is 18.3. The van der Waals surface area contributed by atoms with Gasteiger partial charge in [0.05, 0.1) is 0 Å². The minimum atomic E-state index is -1.05. The molecule has 7 heteroatoms. The highest BCUT2D eigenvalue weighted by Crippen LogP contribution is 2.15. The van der Waals surface area contributed by atoms with Gasteiger partial charge in [0.1, 0.15) is 18.4 Å². The molecule has 0 aliphatic heterocycles. The van der Waals surface area contributed by atoms with Crippen LogP contribution in [0.5, 0.6) is 5.75 Å². The zero-order valence-electron chi connectivity index (χ0n) is 18.3. The number of para-hydroxylation sites is 1. The Morgan fingerprint density at radius 2 is 1.48 bits per heavy atom. The summed E-state index contributed by atoms with van der Waals surface area (Å²) in [6.07, 6.45) is -0.648. The Morgan fingerprint density at radius 3 is 2.12 bits per heavy atom. The average Bonchev–Trinajstić information content (AvgIpc) is 2.86. The number of hydrogen-bond acceptors (Lipinski definition) is 6. The number of nitrogens with one attached hydrogen (secondary N) is 2. The lowest BCUT2D eigenvalue weighted by Gasteiger charge is -2.17. The van der Waals surface area contributed by atoms with Crippen LogP contribution >= 0.6 is 0 Å². The molecule has 0 saturated heterocycles. The van der Waals surface area contributed by atoms with Crippen molar-refractivity contribution in [2.45, 2.75) is 25.5 Å². The van der Waals surface area contributed by atoms with Crippen molar-refractivity contribution in [1.82, 2.24) is 5.32 Å². The standard InChI is InChI=1S/C26H26N2O5/c1-27-21-14-12-20(13-15-21)24(29)17-16-23(25(30)33-22-10-6-3-7-11-22)28-26(31)32-18-19-8-4-2-5-9-19/h2-15,23,27H,16-18H2,1H3,(H,28,31). The lowest BCUT2D eigenvalue weighted by molar-refractivity contribution is -0.136. The number of carbonyl (C=O) groups is 3. The van der Waals surface area contributed by atoms with E-state index >= 15 is 0 Å². The number of ether oxygens (including phenoxy) is 2. The molecule has 3 aromatic rings. The van der Waals surface area contributed by atoms with E-state index in [4.69, 9.17) is 9.47 Å². The van der Waals surface area contributed by atoms with E-state index in [0.717, 1.165) is 11.3 Å². The highest BCUT2D eigenvalue weighted by atomic mass is 16.6. The van der Waals surface area contributed by atoms with Gasteiger partial charge >= 0.3 is 12.1 Å². The summed E-state index contributed by atoms with van der Waals surface area (Å²) < 4.78 is 10.6. The van der Waals surface area contributed by atoms with Crippen LogP contribution in [0.15, 0.2) is 84.9 Å². The molecule has 0 bridgehead atoms. The molecule has 0 heterocycles. The normalized spacial score (nSPS) is 11.2. The molecular formula is C26H26N2O5. The summed E-state index contributed by atoms with van der Waals surface area (Å²) in [5.41, 5.74) is 2.23. The second-order valence-corrected chi connectivity index (χ2v) is 7.28. The van der Waals surface area contributed by atoms with Gasteiger partial charge in [0.15, 0.2) is 5.78 Å². The van der Waals surface area contributed by atoms with Crippen LogP contribution in [0.1, 0.15) is 28.8 Å². The van der Waals surface area contributed by atoms with Gasteiger partial charge in [0, 0.05) is 24.7 Å². The second kappa shape index (κ2) is 12.0. The number of Topliss-reactive ketones (excluding diaryl/α,β-unsaturated/α-hetero) is 1. The Labute approximate surface area is 192 Å². The number of carbonyl (C=O) groups excluding carboxylic acids is 3. The fourth-order valence-electron chi connectivity index (χ4n) is 3.07. The van der Waals surface area contributed by atoms with Gasteiger partial charge in [-0.15, -0.1) is 0 Å². The molecule has 1 atom stereocenters. The third-order valence-electron chi connectivity index (χ3n) is 4.91. The van der Waals surface area contributed by atoms with Crippen molar-refractivity contribution in [1.29, 1.82) is 0 Å². The monoisotopic (exact) mass is 446 g/mol. The Morgan fingerprint density at radius 1 is 0.848 bits per heavy atom. The third-order valence-corrected chi connectivity index (χ3v) is 4.91. The summed E-state index contributed by atoms with van der Waals surface area (Å²) in [6, 6.07) is 23.7. The molecule has 0 aromatic heterocycles. The van der Waals surface area contributed by atoms with Crippen molar-refractivity contribution >= 4 is 23.5 Å². The van der Waals surface area contributed by atoms with Crippen LogP contribution in [0, 0.1) is 0 Å². The minimum absolute atomic E-state index is 0.0480. The van der Waals surface area contributed by atoms with Gasteiger partial charge in [-0.25, -0.2) is 9.59 Å². The van der Waals surface area contributed by atoms with Gasteiger partial charge < -0.3 is 20.1 Å². The van der Waals surface area contributed by atoms with Gasteiger partial charge in [-0.05, 0) is 48.4 Å². The predicted molar refractivity (Wildman–Crippen MR) is 125 cm³/mol. The minimum Gasteiger partial charge on any atom is -0.445 e. The number of anilines is 1. The van der Waals surface area contributed by atoms with E-state index in [1.807, 2.05) is 30.3 Å². The van der Waals surface area contributed by atoms with E-state index in [-0.39, 0.29) is 25.2 Å². The number of ketones is 1. The van der Waals surface area contributed by atoms with Crippen LogP contribution in [0.25, 0.3) is 0 Å². The van der Waals surface area contributed by atoms with Gasteiger partial charge in [-0.1, -0.05) is 48.5 Å². The Balaban J connectivity index is 1.62. The van der Waals surface area contributed by atoms with E-state index in [1.165, 1.54) is 0 Å². The van der Waals surface area contributed by atoms with Crippen molar-refractivity contribution in [2.75, 3.05) is 12.4 Å². The molecule has 1 unspecified atom stereocenters. The number of benzene rings is 3. The summed E-state index contributed by atoms with van der Waals surface area (Å²) in [4.78, 5) is 37.7. The van der Waals surface area contributed by atoms with Crippen molar-refractivity contribution in [3.63, 3.8) is 0 Å². The van der Waals surface area contributed by atoms with Crippen LogP contribution in [-0.2, 0) is 16.1 Å². The number of alkyl carbamates (subject to hydrolysis) is 1. The maximum atomic E-state index is 12.7. The average molecular weight is 447 g/mol. The highest BCUT2D eigenvalue weighted by Gasteiger charge is 2.25. The summed E-state index contributed by atoms with van der Waals surface area (Å²) in [7, 11) is 1.79. The largest absolute Gasteiger partial charge is 0.445 e. The van der Waals surface area contributed by atoms with E-state index in [0.29, 0.717) is 11.3 Å².